The third-order valence-corrected chi connectivity index (χ3v) is 4.18. The highest BCUT2D eigenvalue weighted by atomic mass is 16.5. The van der Waals surface area contributed by atoms with Crippen LogP contribution in [0.2, 0.25) is 0 Å². The highest BCUT2D eigenvalue weighted by Gasteiger charge is 2.42. The van der Waals surface area contributed by atoms with Gasteiger partial charge in [0.2, 0.25) is 5.89 Å². The number of benzene rings is 1. The zero-order valence-corrected chi connectivity index (χ0v) is 12.9. The van der Waals surface area contributed by atoms with Crippen molar-refractivity contribution in [3.05, 3.63) is 47.6 Å². The van der Waals surface area contributed by atoms with Gasteiger partial charge in [0, 0.05) is 18.6 Å². The molecule has 0 saturated carbocycles. The molecule has 4 heteroatoms. The second-order valence-electron chi connectivity index (χ2n) is 6.73. The molecule has 0 spiro atoms. The Morgan fingerprint density at radius 2 is 1.71 bits per heavy atom. The molecule has 0 unspecified atom stereocenters. The summed E-state index contributed by atoms with van der Waals surface area (Å²) in [6.45, 7) is 7.74. The van der Waals surface area contributed by atoms with Gasteiger partial charge in [-0.05, 0) is 18.4 Å². The number of hydrogen-bond donors (Lipinski definition) is 0. The van der Waals surface area contributed by atoms with Crippen molar-refractivity contribution in [2.45, 2.75) is 44.4 Å². The fourth-order valence-electron chi connectivity index (χ4n) is 2.83. The van der Waals surface area contributed by atoms with Crippen molar-refractivity contribution in [2.75, 3.05) is 13.2 Å². The SMILES string of the molecule is CC(C)(C)c1noc(C2(c3ccccc3)CCOCC2)n1. The van der Waals surface area contributed by atoms with Gasteiger partial charge in [-0.1, -0.05) is 56.3 Å². The van der Waals surface area contributed by atoms with Crippen LogP contribution < -0.4 is 0 Å². The Labute approximate surface area is 125 Å². The molecule has 1 aliphatic heterocycles. The van der Waals surface area contributed by atoms with Crippen LogP contribution >= 0.6 is 0 Å². The van der Waals surface area contributed by atoms with E-state index in [9.17, 15) is 0 Å². The maximum atomic E-state index is 5.67. The lowest BCUT2D eigenvalue weighted by Crippen LogP contribution is -2.35. The molecular weight excluding hydrogens is 264 g/mol. The molecule has 0 atom stereocenters. The van der Waals surface area contributed by atoms with Crippen molar-refractivity contribution in [1.82, 2.24) is 10.1 Å². The summed E-state index contributed by atoms with van der Waals surface area (Å²) in [5, 5.41) is 4.21. The van der Waals surface area contributed by atoms with Gasteiger partial charge >= 0.3 is 0 Å². The van der Waals surface area contributed by atoms with E-state index >= 15 is 0 Å². The van der Waals surface area contributed by atoms with Crippen LogP contribution in [-0.2, 0) is 15.6 Å². The topological polar surface area (TPSA) is 48.2 Å². The predicted octanol–water partition coefficient (Wildman–Crippen LogP) is 3.46. The van der Waals surface area contributed by atoms with Crippen molar-refractivity contribution in [1.29, 1.82) is 0 Å². The van der Waals surface area contributed by atoms with Crippen LogP contribution in [0.5, 0.6) is 0 Å². The van der Waals surface area contributed by atoms with Crippen molar-refractivity contribution >= 4 is 0 Å². The third kappa shape index (κ3) is 2.60. The third-order valence-electron chi connectivity index (χ3n) is 4.18. The highest BCUT2D eigenvalue weighted by Crippen LogP contribution is 2.40. The van der Waals surface area contributed by atoms with Crippen molar-refractivity contribution < 1.29 is 9.26 Å². The van der Waals surface area contributed by atoms with Crippen LogP contribution in [-0.4, -0.2) is 23.4 Å². The molecule has 1 fully saturated rings. The zero-order chi connectivity index (χ0) is 14.9. The summed E-state index contributed by atoms with van der Waals surface area (Å²) in [5.41, 5.74) is 0.915. The Hall–Kier alpha value is -1.68. The van der Waals surface area contributed by atoms with Crippen LogP contribution in [0.3, 0.4) is 0 Å². The number of aromatic nitrogens is 2. The average molecular weight is 286 g/mol. The van der Waals surface area contributed by atoms with Gasteiger partial charge in [0.1, 0.15) is 0 Å². The molecule has 1 saturated heterocycles. The van der Waals surface area contributed by atoms with E-state index in [0.29, 0.717) is 0 Å². The fraction of sp³-hybridized carbons (Fsp3) is 0.529. The average Bonchev–Trinajstić information content (AvgIpc) is 2.99. The lowest BCUT2D eigenvalue weighted by atomic mass is 9.74. The molecular formula is C17H22N2O2. The molecule has 1 aromatic carbocycles. The van der Waals surface area contributed by atoms with Crippen LogP contribution in [0.4, 0.5) is 0 Å². The van der Waals surface area contributed by atoms with E-state index in [1.807, 2.05) is 6.07 Å². The number of hydrogen-bond acceptors (Lipinski definition) is 4. The largest absolute Gasteiger partial charge is 0.381 e. The smallest absolute Gasteiger partial charge is 0.237 e. The van der Waals surface area contributed by atoms with Gasteiger partial charge < -0.3 is 9.26 Å². The first-order chi connectivity index (χ1) is 10.0. The van der Waals surface area contributed by atoms with Gasteiger partial charge in [-0.15, -0.1) is 0 Å². The molecule has 4 nitrogen and oxygen atoms in total. The molecule has 0 N–H and O–H groups in total. The molecule has 0 aliphatic carbocycles. The maximum Gasteiger partial charge on any atom is 0.237 e. The Morgan fingerprint density at radius 1 is 1.05 bits per heavy atom. The summed E-state index contributed by atoms with van der Waals surface area (Å²) in [4.78, 5) is 4.72. The summed E-state index contributed by atoms with van der Waals surface area (Å²) in [5.74, 6) is 1.49. The minimum absolute atomic E-state index is 0.106. The molecule has 0 radical (unpaired) electrons. The Kier molecular flexibility index (Phi) is 3.57. The summed E-state index contributed by atoms with van der Waals surface area (Å²) < 4.78 is 11.2. The Morgan fingerprint density at radius 3 is 2.29 bits per heavy atom. The summed E-state index contributed by atoms with van der Waals surface area (Å²) in [6.07, 6.45) is 1.76. The Balaban J connectivity index is 2.06. The van der Waals surface area contributed by atoms with Gasteiger partial charge in [-0.25, -0.2) is 0 Å². The van der Waals surface area contributed by atoms with E-state index in [1.54, 1.807) is 0 Å². The molecule has 21 heavy (non-hydrogen) atoms. The van der Waals surface area contributed by atoms with Crippen molar-refractivity contribution in [2.24, 2.45) is 0 Å². The molecule has 2 heterocycles. The second kappa shape index (κ2) is 5.26. The molecule has 0 amide bonds. The first-order valence-corrected chi connectivity index (χ1v) is 7.50. The number of rotatable bonds is 2. The molecule has 3 rings (SSSR count). The fourth-order valence-corrected chi connectivity index (χ4v) is 2.83. The van der Waals surface area contributed by atoms with Crippen LogP contribution in [0.1, 0.15) is 50.9 Å². The van der Waals surface area contributed by atoms with Crippen LogP contribution in [0.15, 0.2) is 34.9 Å². The lowest BCUT2D eigenvalue weighted by Gasteiger charge is -2.34. The van der Waals surface area contributed by atoms with Crippen molar-refractivity contribution in [3.8, 4) is 0 Å². The lowest BCUT2D eigenvalue weighted by molar-refractivity contribution is 0.0523. The monoisotopic (exact) mass is 286 g/mol. The van der Waals surface area contributed by atoms with Crippen molar-refractivity contribution in [3.63, 3.8) is 0 Å². The van der Waals surface area contributed by atoms with Gasteiger partial charge in [0.05, 0.1) is 5.41 Å². The zero-order valence-electron chi connectivity index (χ0n) is 12.9. The summed E-state index contributed by atoms with van der Waals surface area (Å²) in [7, 11) is 0. The van der Waals surface area contributed by atoms with Gasteiger partial charge in [-0.2, -0.15) is 4.98 Å². The van der Waals surface area contributed by atoms with Gasteiger partial charge in [0.25, 0.3) is 0 Å². The molecule has 0 bridgehead atoms. The predicted molar refractivity (Wildman–Crippen MR) is 80.3 cm³/mol. The van der Waals surface area contributed by atoms with Gasteiger partial charge in [-0.3, -0.25) is 0 Å². The minimum Gasteiger partial charge on any atom is -0.381 e. The summed E-state index contributed by atoms with van der Waals surface area (Å²) in [6, 6.07) is 10.4. The number of nitrogens with zero attached hydrogens (tertiary/aromatic N) is 2. The van der Waals surface area contributed by atoms with E-state index in [2.05, 4.69) is 50.2 Å². The van der Waals surface area contributed by atoms with Crippen LogP contribution in [0, 0.1) is 0 Å². The van der Waals surface area contributed by atoms with Gasteiger partial charge in [0.15, 0.2) is 5.82 Å². The standard InChI is InChI=1S/C17H22N2O2/c1-16(2,3)14-18-15(21-19-14)17(9-11-20-12-10-17)13-7-5-4-6-8-13/h4-8H,9-12H2,1-3H3. The quantitative estimate of drug-likeness (QED) is 0.848. The van der Waals surface area contributed by atoms with E-state index in [0.717, 1.165) is 37.8 Å². The first kappa shape index (κ1) is 14.3. The summed E-state index contributed by atoms with van der Waals surface area (Å²) >= 11 is 0. The first-order valence-electron chi connectivity index (χ1n) is 7.50. The molecule has 1 aromatic heterocycles. The van der Waals surface area contributed by atoms with Crippen LogP contribution in [0.25, 0.3) is 0 Å². The molecule has 1 aliphatic rings. The van der Waals surface area contributed by atoms with E-state index in [-0.39, 0.29) is 10.8 Å². The molecule has 2 aromatic rings. The van der Waals surface area contributed by atoms with E-state index in [4.69, 9.17) is 14.2 Å². The number of ether oxygens (including phenoxy) is 1. The highest BCUT2D eigenvalue weighted by molar-refractivity contribution is 5.32. The molecule has 112 valence electrons. The normalized spacial score (nSPS) is 18.6. The second-order valence-corrected chi connectivity index (χ2v) is 6.73. The Bertz CT molecular complexity index is 593. The minimum atomic E-state index is -0.212. The van der Waals surface area contributed by atoms with E-state index < -0.39 is 0 Å². The maximum absolute atomic E-state index is 5.67. The van der Waals surface area contributed by atoms with E-state index in [1.165, 1.54) is 5.56 Å².